The fraction of sp³-hybridized carbons (Fsp3) is 0.417. The van der Waals surface area contributed by atoms with Gasteiger partial charge in [-0.3, -0.25) is 4.79 Å². The molecule has 15 heavy (non-hydrogen) atoms. The molecular weight excluding hydrogens is 195 g/mol. The van der Waals surface area contributed by atoms with Crippen LogP contribution >= 0.6 is 0 Å². The largest absolute Gasteiger partial charge is 0.493 e. The predicted octanol–water partition coefficient (Wildman–Crippen LogP) is 3.02. The summed E-state index contributed by atoms with van der Waals surface area (Å²) in [5, 5.41) is 0. The van der Waals surface area contributed by atoms with Crippen LogP contribution < -0.4 is 4.74 Å². The van der Waals surface area contributed by atoms with E-state index in [9.17, 15) is 9.18 Å². The van der Waals surface area contributed by atoms with Crippen molar-refractivity contribution in [2.24, 2.45) is 0 Å². The number of carbonyl (C=O) groups excluding carboxylic acids is 1. The molecule has 0 fully saturated rings. The molecule has 0 amide bonds. The third-order valence-electron chi connectivity index (χ3n) is 2.00. The second-order valence-electron chi connectivity index (χ2n) is 3.97. The monoisotopic (exact) mass is 210 g/mol. The number of para-hydroxylation sites is 1. The minimum absolute atomic E-state index is 0.272. The lowest BCUT2D eigenvalue weighted by atomic mass is 10.1. The van der Waals surface area contributed by atoms with E-state index in [1.54, 1.807) is 24.3 Å². The molecule has 0 spiro atoms. The molecule has 1 rings (SSSR count). The first-order valence-corrected chi connectivity index (χ1v) is 4.89. The minimum Gasteiger partial charge on any atom is -0.493 e. The number of halogens is 1. The highest BCUT2D eigenvalue weighted by Crippen LogP contribution is 2.18. The smallest absolute Gasteiger partial charge is 0.153 e. The fourth-order valence-electron chi connectivity index (χ4n) is 1.11. The lowest BCUT2D eigenvalue weighted by Gasteiger charge is -2.14. The number of aldehydes is 1. The van der Waals surface area contributed by atoms with Gasteiger partial charge in [0.05, 0.1) is 12.2 Å². The minimum atomic E-state index is -1.24. The van der Waals surface area contributed by atoms with Crippen molar-refractivity contribution in [3.05, 3.63) is 29.8 Å². The molecule has 0 atom stereocenters. The molecule has 0 saturated heterocycles. The molecule has 0 saturated carbocycles. The van der Waals surface area contributed by atoms with Gasteiger partial charge in [0.15, 0.2) is 6.29 Å². The zero-order valence-corrected chi connectivity index (χ0v) is 9.00. The van der Waals surface area contributed by atoms with E-state index in [1.807, 2.05) is 0 Å². The second kappa shape index (κ2) is 4.91. The molecule has 3 heteroatoms. The number of hydrogen-bond donors (Lipinski definition) is 0. The summed E-state index contributed by atoms with van der Waals surface area (Å²) in [6.07, 6.45) is 1.04. The van der Waals surface area contributed by atoms with E-state index >= 15 is 0 Å². The van der Waals surface area contributed by atoms with Crippen molar-refractivity contribution >= 4 is 6.29 Å². The van der Waals surface area contributed by atoms with Gasteiger partial charge in [0.25, 0.3) is 0 Å². The maximum absolute atomic E-state index is 13.1. The molecule has 2 nitrogen and oxygen atoms in total. The van der Waals surface area contributed by atoms with Crippen LogP contribution in [0.15, 0.2) is 24.3 Å². The molecule has 0 bridgehead atoms. The maximum atomic E-state index is 13.1. The summed E-state index contributed by atoms with van der Waals surface area (Å²) < 4.78 is 18.5. The molecule has 0 aliphatic rings. The Morgan fingerprint density at radius 3 is 2.67 bits per heavy atom. The standard InChI is InChI=1S/C12H15FO2/c1-12(2,13)7-8-15-11-6-4-3-5-10(11)9-14/h3-6,9H,7-8H2,1-2H3. The first-order chi connectivity index (χ1) is 7.03. The summed E-state index contributed by atoms with van der Waals surface area (Å²) in [4.78, 5) is 10.6. The SMILES string of the molecule is CC(C)(F)CCOc1ccccc1C=O. The van der Waals surface area contributed by atoms with Crippen molar-refractivity contribution < 1.29 is 13.9 Å². The van der Waals surface area contributed by atoms with E-state index in [1.165, 1.54) is 13.8 Å². The molecule has 0 aliphatic carbocycles. The molecule has 0 aliphatic heterocycles. The van der Waals surface area contributed by atoms with Gasteiger partial charge in [0, 0.05) is 6.42 Å². The Bertz CT molecular complexity index is 329. The number of carbonyl (C=O) groups is 1. The van der Waals surface area contributed by atoms with E-state index in [0.29, 0.717) is 17.7 Å². The Kier molecular flexibility index (Phi) is 3.83. The summed E-state index contributed by atoms with van der Waals surface area (Å²) in [6, 6.07) is 6.91. The molecular formula is C12H15FO2. The molecule has 0 radical (unpaired) electrons. The van der Waals surface area contributed by atoms with Gasteiger partial charge in [-0.15, -0.1) is 0 Å². The van der Waals surface area contributed by atoms with Gasteiger partial charge in [0.1, 0.15) is 11.4 Å². The highest BCUT2D eigenvalue weighted by Gasteiger charge is 2.15. The van der Waals surface area contributed by atoms with Gasteiger partial charge in [-0.1, -0.05) is 12.1 Å². The van der Waals surface area contributed by atoms with Crippen molar-refractivity contribution in [2.45, 2.75) is 25.9 Å². The first kappa shape index (κ1) is 11.7. The molecule has 0 aromatic heterocycles. The zero-order chi connectivity index (χ0) is 11.3. The number of benzene rings is 1. The van der Waals surface area contributed by atoms with E-state index in [4.69, 9.17) is 4.74 Å². The van der Waals surface area contributed by atoms with Crippen molar-refractivity contribution in [2.75, 3.05) is 6.61 Å². The summed E-state index contributed by atoms with van der Waals surface area (Å²) in [5.41, 5.74) is -0.745. The number of ether oxygens (including phenoxy) is 1. The highest BCUT2D eigenvalue weighted by molar-refractivity contribution is 5.79. The van der Waals surface area contributed by atoms with Gasteiger partial charge in [-0.05, 0) is 26.0 Å². The number of alkyl halides is 1. The predicted molar refractivity (Wildman–Crippen MR) is 57.1 cm³/mol. The summed E-state index contributed by atoms with van der Waals surface area (Å²) in [7, 11) is 0. The molecule has 1 aromatic carbocycles. The topological polar surface area (TPSA) is 26.3 Å². The van der Waals surface area contributed by atoms with Crippen molar-refractivity contribution in [1.29, 1.82) is 0 Å². The van der Waals surface area contributed by atoms with Crippen LogP contribution in [-0.2, 0) is 0 Å². The van der Waals surface area contributed by atoms with E-state index in [0.717, 1.165) is 6.29 Å². The van der Waals surface area contributed by atoms with Gasteiger partial charge < -0.3 is 4.74 Å². The van der Waals surface area contributed by atoms with E-state index in [-0.39, 0.29) is 6.61 Å². The van der Waals surface area contributed by atoms with Crippen molar-refractivity contribution in [3.8, 4) is 5.75 Å². The second-order valence-corrected chi connectivity index (χ2v) is 3.97. The van der Waals surface area contributed by atoms with Crippen LogP contribution in [0.3, 0.4) is 0 Å². The highest BCUT2D eigenvalue weighted by atomic mass is 19.1. The number of rotatable bonds is 5. The van der Waals surface area contributed by atoms with Gasteiger partial charge >= 0.3 is 0 Å². The molecule has 0 heterocycles. The summed E-state index contributed by atoms with van der Waals surface area (Å²) in [5.74, 6) is 0.511. The van der Waals surface area contributed by atoms with Crippen LogP contribution in [0.25, 0.3) is 0 Å². The lowest BCUT2D eigenvalue weighted by molar-refractivity contribution is 0.111. The quantitative estimate of drug-likeness (QED) is 0.698. The Balaban J connectivity index is 2.54. The van der Waals surface area contributed by atoms with Crippen LogP contribution in [0.5, 0.6) is 5.75 Å². The molecule has 1 aromatic rings. The average molecular weight is 210 g/mol. The Hall–Kier alpha value is -1.38. The van der Waals surface area contributed by atoms with Crippen LogP contribution in [0.2, 0.25) is 0 Å². The Morgan fingerprint density at radius 1 is 1.40 bits per heavy atom. The summed E-state index contributed by atoms with van der Waals surface area (Å²) >= 11 is 0. The van der Waals surface area contributed by atoms with Crippen LogP contribution in [0.4, 0.5) is 4.39 Å². The third-order valence-corrected chi connectivity index (χ3v) is 2.00. The lowest BCUT2D eigenvalue weighted by Crippen LogP contribution is -2.16. The van der Waals surface area contributed by atoms with Crippen LogP contribution in [0, 0.1) is 0 Å². The fourth-order valence-corrected chi connectivity index (χ4v) is 1.11. The van der Waals surface area contributed by atoms with Crippen LogP contribution in [-0.4, -0.2) is 18.6 Å². The van der Waals surface area contributed by atoms with Gasteiger partial charge in [0.2, 0.25) is 0 Å². The summed E-state index contributed by atoms with van der Waals surface area (Å²) in [6.45, 7) is 3.28. The Morgan fingerprint density at radius 2 is 2.07 bits per heavy atom. The van der Waals surface area contributed by atoms with E-state index < -0.39 is 5.67 Å². The van der Waals surface area contributed by atoms with Crippen LogP contribution in [0.1, 0.15) is 30.6 Å². The molecule has 0 unspecified atom stereocenters. The maximum Gasteiger partial charge on any atom is 0.153 e. The molecule has 0 N–H and O–H groups in total. The van der Waals surface area contributed by atoms with Gasteiger partial charge in [-0.25, -0.2) is 4.39 Å². The van der Waals surface area contributed by atoms with Gasteiger partial charge in [-0.2, -0.15) is 0 Å². The van der Waals surface area contributed by atoms with Crippen molar-refractivity contribution in [1.82, 2.24) is 0 Å². The third kappa shape index (κ3) is 4.11. The number of hydrogen-bond acceptors (Lipinski definition) is 2. The van der Waals surface area contributed by atoms with E-state index in [2.05, 4.69) is 0 Å². The normalized spacial score (nSPS) is 11.1. The Labute approximate surface area is 89.1 Å². The van der Waals surface area contributed by atoms with Crippen molar-refractivity contribution in [3.63, 3.8) is 0 Å². The average Bonchev–Trinajstić information content (AvgIpc) is 2.16. The molecule has 82 valence electrons. The first-order valence-electron chi connectivity index (χ1n) is 4.89. The zero-order valence-electron chi connectivity index (χ0n) is 9.00.